The van der Waals surface area contributed by atoms with Crippen LogP contribution >= 0.6 is 0 Å². The van der Waals surface area contributed by atoms with E-state index in [0.29, 0.717) is 5.56 Å². The van der Waals surface area contributed by atoms with Gasteiger partial charge in [0, 0.05) is 24.0 Å². The lowest BCUT2D eigenvalue weighted by Crippen LogP contribution is -2.28. The van der Waals surface area contributed by atoms with Crippen LogP contribution < -0.4 is 14.2 Å². The smallest absolute Gasteiger partial charge is 0.308 e. The maximum Gasteiger partial charge on any atom is 0.308 e. The molecule has 0 bridgehead atoms. The number of benzene rings is 2. The number of aliphatic hydroxyl groups excluding tert-OH is 1. The van der Waals surface area contributed by atoms with E-state index >= 15 is 0 Å². The number of carbonyl (C=O) groups excluding carboxylic acids is 4. The first-order valence-corrected chi connectivity index (χ1v) is 9.86. The molecule has 0 radical (unpaired) electrons. The van der Waals surface area contributed by atoms with Gasteiger partial charge in [-0.05, 0) is 17.7 Å². The van der Waals surface area contributed by atoms with E-state index in [4.69, 9.17) is 18.9 Å². The number of hydrogen-bond acceptors (Lipinski definition) is 9. The number of fused-ring (bicyclic) bond motifs is 1. The number of Topliss-reactive ketones (excluding diaryl/α,β-unsaturated/α-hetero) is 2. The van der Waals surface area contributed by atoms with Crippen LogP contribution in [0.25, 0.3) is 5.76 Å². The maximum absolute atomic E-state index is 13.1. The number of esters is 2. The van der Waals surface area contributed by atoms with E-state index in [0.717, 1.165) is 0 Å². The summed E-state index contributed by atoms with van der Waals surface area (Å²) >= 11 is 0. The Balaban J connectivity index is 2.27. The van der Waals surface area contributed by atoms with Gasteiger partial charge < -0.3 is 24.1 Å². The molecule has 172 valence electrons. The largest absolute Gasteiger partial charge is 0.507 e. The summed E-state index contributed by atoms with van der Waals surface area (Å²) in [6, 6.07) is 9.02. The van der Waals surface area contributed by atoms with E-state index < -0.39 is 35.2 Å². The molecule has 9 heteroatoms. The van der Waals surface area contributed by atoms with Gasteiger partial charge >= 0.3 is 11.9 Å². The van der Waals surface area contributed by atoms with Gasteiger partial charge in [-0.25, -0.2) is 0 Å². The summed E-state index contributed by atoms with van der Waals surface area (Å²) in [7, 11) is 3.86. The van der Waals surface area contributed by atoms with Crippen LogP contribution in [0.2, 0.25) is 0 Å². The molecule has 0 aliphatic heterocycles. The Bertz CT molecular complexity index is 1150. The molecule has 1 aliphatic carbocycles. The van der Waals surface area contributed by atoms with Gasteiger partial charge in [-0.15, -0.1) is 0 Å². The van der Waals surface area contributed by atoms with E-state index in [-0.39, 0.29) is 40.4 Å². The Morgan fingerprint density at radius 1 is 0.939 bits per heavy atom. The van der Waals surface area contributed by atoms with Crippen LogP contribution in [0.5, 0.6) is 17.2 Å². The molecule has 1 atom stereocenters. The molecule has 1 aliphatic rings. The summed E-state index contributed by atoms with van der Waals surface area (Å²) < 4.78 is 20.6. The normalized spacial score (nSPS) is 13.8. The Labute approximate surface area is 189 Å². The van der Waals surface area contributed by atoms with Crippen LogP contribution in [-0.2, 0) is 19.1 Å². The maximum atomic E-state index is 13.1. The number of ketones is 2. The number of rotatable bonds is 7. The molecule has 0 saturated heterocycles. The number of carbonyl (C=O) groups is 4. The molecule has 0 aromatic heterocycles. The molecule has 2 aromatic carbocycles. The topological polar surface area (TPSA) is 125 Å². The van der Waals surface area contributed by atoms with Gasteiger partial charge in [0.25, 0.3) is 0 Å². The van der Waals surface area contributed by atoms with Gasteiger partial charge in [0.2, 0.25) is 17.3 Å². The van der Waals surface area contributed by atoms with Crippen LogP contribution in [0.3, 0.4) is 0 Å². The number of aliphatic hydroxyl groups is 1. The number of methoxy groups -OCH3 is 3. The SMILES string of the molecule is COC(=O)C[C@H](C1=C(O)c2ccccc2C(=O)C1=O)c1cc(OC)c(OC(C)=O)c(OC)c1. The Hall–Kier alpha value is -4.14. The summed E-state index contributed by atoms with van der Waals surface area (Å²) in [6.07, 6.45) is -0.365. The minimum Gasteiger partial charge on any atom is -0.507 e. The predicted molar refractivity (Wildman–Crippen MR) is 116 cm³/mol. The highest BCUT2D eigenvalue weighted by Crippen LogP contribution is 2.45. The van der Waals surface area contributed by atoms with Crippen molar-refractivity contribution in [1.29, 1.82) is 0 Å². The van der Waals surface area contributed by atoms with E-state index in [2.05, 4.69) is 0 Å². The fraction of sp³-hybridized carbons (Fsp3) is 0.250. The molecular formula is C24H22O9. The molecule has 9 nitrogen and oxygen atoms in total. The fourth-order valence-electron chi connectivity index (χ4n) is 3.69. The fourth-order valence-corrected chi connectivity index (χ4v) is 3.69. The van der Waals surface area contributed by atoms with Gasteiger partial charge in [0.05, 0.1) is 33.3 Å². The summed E-state index contributed by atoms with van der Waals surface area (Å²) in [5, 5.41) is 11.0. The van der Waals surface area contributed by atoms with Crippen molar-refractivity contribution >= 4 is 29.3 Å². The minimum absolute atomic E-state index is 0.00247. The lowest BCUT2D eigenvalue weighted by Gasteiger charge is -2.25. The summed E-state index contributed by atoms with van der Waals surface area (Å²) in [6.45, 7) is 1.21. The van der Waals surface area contributed by atoms with Crippen LogP contribution in [0, 0.1) is 0 Å². The zero-order valence-corrected chi connectivity index (χ0v) is 18.5. The molecule has 1 N–H and O–H groups in total. The highest BCUT2D eigenvalue weighted by atomic mass is 16.6. The third-order valence-corrected chi connectivity index (χ3v) is 5.21. The van der Waals surface area contributed by atoms with Gasteiger partial charge in [-0.2, -0.15) is 0 Å². The van der Waals surface area contributed by atoms with Crippen LogP contribution in [0.15, 0.2) is 42.0 Å². The van der Waals surface area contributed by atoms with Crippen LogP contribution in [-0.4, -0.2) is 49.9 Å². The number of ether oxygens (including phenoxy) is 4. The van der Waals surface area contributed by atoms with Crippen LogP contribution in [0.1, 0.15) is 40.7 Å². The van der Waals surface area contributed by atoms with Gasteiger partial charge in [-0.3, -0.25) is 19.2 Å². The molecule has 0 saturated carbocycles. The molecular weight excluding hydrogens is 432 g/mol. The van der Waals surface area contributed by atoms with Crippen molar-refractivity contribution < 1.29 is 43.2 Å². The van der Waals surface area contributed by atoms with Crippen molar-refractivity contribution in [3.63, 3.8) is 0 Å². The summed E-state index contributed by atoms with van der Waals surface area (Å²) in [5.41, 5.74) is 0.295. The average molecular weight is 454 g/mol. The molecule has 33 heavy (non-hydrogen) atoms. The van der Waals surface area contributed by atoms with Crippen molar-refractivity contribution in [3.05, 3.63) is 58.7 Å². The first-order chi connectivity index (χ1) is 15.7. The van der Waals surface area contributed by atoms with Crippen molar-refractivity contribution in [2.75, 3.05) is 21.3 Å². The van der Waals surface area contributed by atoms with Gasteiger partial charge in [0.15, 0.2) is 11.5 Å². The number of hydrogen-bond donors (Lipinski definition) is 1. The monoisotopic (exact) mass is 454 g/mol. The van der Waals surface area contributed by atoms with Crippen LogP contribution in [0.4, 0.5) is 0 Å². The highest BCUT2D eigenvalue weighted by Gasteiger charge is 2.39. The lowest BCUT2D eigenvalue weighted by molar-refractivity contribution is -0.141. The third kappa shape index (κ3) is 4.43. The van der Waals surface area contributed by atoms with E-state index in [1.54, 1.807) is 12.1 Å². The second-order valence-corrected chi connectivity index (χ2v) is 7.15. The first kappa shape index (κ1) is 23.5. The molecule has 3 rings (SSSR count). The van der Waals surface area contributed by atoms with E-state index in [9.17, 15) is 24.3 Å². The predicted octanol–water partition coefficient (Wildman–Crippen LogP) is 3.01. The Morgan fingerprint density at radius 3 is 2.03 bits per heavy atom. The average Bonchev–Trinajstić information content (AvgIpc) is 2.81. The molecule has 0 heterocycles. The van der Waals surface area contributed by atoms with Gasteiger partial charge in [0.1, 0.15) is 5.76 Å². The summed E-state index contributed by atoms with van der Waals surface area (Å²) in [5.74, 6) is -4.36. The lowest BCUT2D eigenvalue weighted by atomic mass is 9.78. The van der Waals surface area contributed by atoms with Crippen molar-refractivity contribution in [3.8, 4) is 17.2 Å². The van der Waals surface area contributed by atoms with Crippen molar-refractivity contribution in [2.24, 2.45) is 0 Å². The minimum atomic E-state index is -1.09. The Kier molecular flexibility index (Phi) is 6.81. The number of allylic oxidation sites excluding steroid dienone is 1. The van der Waals surface area contributed by atoms with Crippen molar-refractivity contribution in [1.82, 2.24) is 0 Å². The molecule has 0 fully saturated rings. The first-order valence-electron chi connectivity index (χ1n) is 9.86. The molecule has 0 amide bonds. The van der Waals surface area contributed by atoms with Gasteiger partial charge in [-0.1, -0.05) is 24.3 Å². The highest BCUT2D eigenvalue weighted by molar-refractivity contribution is 6.52. The zero-order chi connectivity index (χ0) is 24.3. The quantitative estimate of drug-likeness (QED) is 0.382. The van der Waals surface area contributed by atoms with Crippen molar-refractivity contribution in [2.45, 2.75) is 19.3 Å². The standard InChI is InChI=1S/C24H22O9/c1-12(25)33-24-17(30-2)9-13(10-18(24)31-3)16(11-19(26)32-4)20-21(27)14-7-5-6-8-15(14)22(28)23(20)29/h5-10,16,27H,11H2,1-4H3/t16-/m0/s1. The third-order valence-electron chi connectivity index (χ3n) is 5.21. The summed E-state index contributed by atoms with van der Waals surface area (Å²) in [4.78, 5) is 49.6. The van der Waals surface area contributed by atoms with E-state index in [1.165, 1.54) is 52.5 Å². The molecule has 0 unspecified atom stereocenters. The molecule has 0 spiro atoms. The Morgan fingerprint density at radius 2 is 1.52 bits per heavy atom. The second-order valence-electron chi connectivity index (χ2n) is 7.15. The van der Waals surface area contributed by atoms with E-state index in [1.807, 2.05) is 0 Å². The second kappa shape index (κ2) is 9.56. The zero-order valence-electron chi connectivity index (χ0n) is 18.5. The molecule has 2 aromatic rings.